The van der Waals surface area contributed by atoms with Gasteiger partial charge in [-0.05, 0) is 12.8 Å². The third-order valence-electron chi connectivity index (χ3n) is 3.25. The zero-order valence-electron chi connectivity index (χ0n) is 11.1. The van der Waals surface area contributed by atoms with Crippen LogP contribution in [0.15, 0.2) is 0 Å². The molecule has 6 heteroatoms. The summed E-state index contributed by atoms with van der Waals surface area (Å²) in [6.45, 7) is 5.12. The molecule has 1 unspecified atom stereocenters. The average molecular weight is 263 g/mol. The fraction of sp³-hybridized carbons (Fsp3) is 1.00. The summed E-state index contributed by atoms with van der Waals surface area (Å²) in [7, 11) is 0. The van der Waals surface area contributed by atoms with Crippen molar-refractivity contribution < 1.29 is 25.2 Å². The average Bonchev–Trinajstić information content (AvgIpc) is 2.36. The Balaban J connectivity index is 2.77. The molecule has 1 aliphatic rings. The molecule has 0 aromatic rings. The predicted molar refractivity (Wildman–Crippen MR) is 65.9 cm³/mol. The SMILES string of the molecule is CCCN(CCC)C1O[C@@H](CO)[C@H](O)[C@@H](O)[C@@H]1O. The molecule has 0 amide bonds. The summed E-state index contributed by atoms with van der Waals surface area (Å²) in [4.78, 5) is 1.93. The molecule has 0 aromatic carbocycles. The van der Waals surface area contributed by atoms with Gasteiger partial charge in [-0.1, -0.05) is 13.8 Å². The van der Waals surface area contributed by atoms with E-state index >= 15 is 0 Å². The molecule has 6 nitrogen and oxygen atoms in total. The van der Waals surface area contributed by atoms with Crippen LogP contribution < -0.4 is 0 Å². The monoisotopic (exact) mass is 263 g/mol. The van der Waals surface area contributed by atoms with Gasteiger partial charge in [-0.15, -0.1) is 0 Å². The molecule has 1 saturated heterocycles. The molecule has 108 valence electrons. The molecule has 0 bridgehead atoms. The first-order valence-electron chi connectivity index (χ1n) is 6.61. The molecule has 1 aliphatic heterocycles. The lowest BCUT2D eigenvalue weighted by Crippen LogP contribution is -2.63. The Morgan fingerprint density at radius 2 is 1.50 bits per heavy atom. The lowest BCUT2D eigenvalue weighted by molar-refractivity contribution is -0.265. The lowest BCUT2D eigenvalue weighted by Gasteiger charge is -2.44. The molecular formula is C12H25NO5. The van der Waals surface area contributed by atoms with Gasteiger partial charge in [-0.3, -0.25) is 4.90 Å². The minimum Gasteiger partial charge on any atom is -0.394 e. The van der Waals surface area contributed by atoms with Crippen molar-refractivity contribution in [2.75, 3.05) is 19.7 Å². The second kappa shape index (κ2) is 7.37. The van der Waals surface area contributed by atoms with E-state index in [9.17, 15) is 15.3 Å². The minimum atomic E-state index is -1.29. The van der Waals surface area contributed by atoms with Crippen LogP contribution in [0.25, 0.3) is 0 Å². The quantitative estimate of drug-likeness (QED) is 0.486. The Kier molecular flexibility index (Phi) is 6.48. The highest BCUT2D eigenvalue weighted by Crippen LogP contribution is 2.23. The highest BCUT2D eigenvalue weighted by Gasteiger charge is 2.45. The predicted octanol–water partition coefficient (Wildman–Crippen LogP) is -1.09. The third kappa shape index (κ3) is 3.40. The van der Waals surface area contributed by atoms with Crippen LogP contribution in [-0.2, 0) is 4.74 Å². The largest absolute Gasteiger partial charge is 0.394 e. The molecule has 1 fully saturated rings. The van der Waals surface area contributed by atoms with Gasteiger partial charge in [0.25, 0.3) is 0 Å². The van der Waals surface area contributed by atoms with Gasteiger partial charge >= 0.3 is 0 Å². The normalized spacial score (nSPS) is 37.2. The smallest absolute Gasteiger partial charge is 0.140 e. The van der Waals surface area contributed by atoms with Crippen LogP contribution in [0, 0.1) is 0 Å². The summed E-state index contributed by atoms with van der Waals surface area (Å²) in [5, 5.41) is 38.6. The van der Waals surface area contributed by atoms with Gasteiger partial charge in [0.2, 0.25) is 0 Å². The number of aliphatic hydroxyl groups excluding tert-OH is 4. The maximum absolute atomic E-state index is 9.99. The van der Waals surface area contributed by atoms with Gasteiger partial charge in [0.05, 0.1) is 6.61 Å². The van der Waals surface area contributed by atoms with E-state index in [1.807, 2.05) is 18.7 Å². The summed E-state index contributed by atoms with van der Waals surface area (Å²) < 4.78 is 5.51. The maximum atomic E-state index is 9.99. The Hall–Kier alpha value is -0.240. The summed E-state index contributed by atoms with van der Waals surface area (Å²) in [5.74, 6) is 0. The standard InChI is InChI=1S/C12H25NO5/c1-3-5-13(6-4-2)12-11(17)10(16)9(15)8(7-14)18-12/h8-12,14-17H,3-7H2,1-2H3/t8-,9-,10+,11-,12?/m0/s1. The summed E-state index contributed by atoms with van der Waals surface area (Å²) in [6.07, 6.45) is -3.46. The molecule has 0 saturated carbocycles. The fourth-order valence-corrected chi connectivity index (χ4v) is 2.32. The van der Waals surface area contributed by atoms with E-state index in [1.54, 1.807) is 0 Å². The van der Waals surface area contributed by atoms with Crippen LogP contribution in [0.4, 0.5) is 0 Å². The first-order chi connectivity index (χ1) is 8.56. The third-order valence-corrected chi connectivity index (χ3v) is 3.25. The summed E-state index contributed by atoms with van der Waals surface area (Å²) in [5.41, 5.74) is 0. The molecule has 0 aliphatic carbocycles. The molecule has 0 aromatic heterocycles. The molecule has 1 heterocycles. The van der Waals surface area contributed by atoms with E-state index in [2.05, 4.69) is 0 Å². The van der Waals surface area contributed by atoms with Crippen LogP contribution in [0.3, 0.4) is 0 Å². The van der Waals surface area contributed by atoms with Gasteiger partial charge in [0.15, 0.2) is 0 Å². The van der Waals surface area contributed by atoms with Crippen molar-refractivity contribution in [1.29, 1.82) is 0 Å². The molecule has 4 N–H and O–H groups in total. The number of hydrogen-bond donors (Lipinski definition) is 4. The minimum absolute atomic E-state index is 0.381. The van der Waals surface area contributed by atoms with Crippen molar-refractivity contribution in [1.82, 2.24) is 4.90 Å². The van der Waals surface area contributed by atoms with Crippen LogP contribution in [0.5, 0.6) is 0 Å². The molecule has 18 heavy (non-hydrogen) atoms. The zero-order valence-corrected chi connectivity index (χ0v) is 11.1. The maximum Gasteiger partial charge on any atom is 0.140 e. The highest BCUT2D eigenvalue weighted by atomic mass is 16.6. The van der Waals surface area contributed by atoms with E-state index in [4.69, 9.17) is 9.84 Å². The molecule has 0 spiro atoms. The molecule has 1 rings (SSSR count). The van der Waals surface area contributed by atoms with Crippen molar-refractivity contribution >= 4 is 0 Å². The number of rotatable bonds is 6. The van der Waals surface area contributed by atoms with Gasteiger partial charge < -0.3 is 25.2 Å². The van der Waals surface area contributed by atoms with Crippen molar-refractivity contribution in [2.24, 2.45) is 0 Å². The van der Waals surface area contributed by atoms with E-state index in [-0.39, 0.29) is 6.61 Å². The Labute approximate surface area is 108 Å². The van der Waals surface area contributed by atoms with Crippen molar-refractivity contribution in [3.05, 3.63) is 0 Å². The fourth-order valence-electron chi connectivity index (χ4n) is 2.32. The Morgan fingerprint density at radius 1 is 0.944 bits per heavy atom. The van der Waals surface area contributed by atoms with Crippen LogP contribution >= 0.6 is 0 Å². The second-order valence-corrected chi connectivity index (χ2v) is 4.76. The van der Waals surface area contributed by atoms with Gasteiger partial charge in [0.1, 0.15) is 30.6 Å². The van der Waals surface area contributed by atoms with E-state index < -0.39 is 30.6 Å². The first-order valence-corrected chi connectivity index (χ1v) is 6.61. The number of nitrogens with zero attached hydrogens (tertiary/aromatic N) is 1. The Bertz CT molecular complexity index is 233. The topological polar surface area (TPSA) is 93.4 Å². The lowest BCUT2D eigenvalue weighted by atomic mass is 9.97. The van der Waals surface area contributed by atoms with Gasteiger partial charge in [-0.2, -0.15) is 0 Å². The highest BCUT2D eigenvalue weighted by molar-refractivity contribution is 4.91. The molecule has 0 radical (unpaired) electrons. The zero-order chi connectivity index (χ0) is 13.7. The second-order valence-electron chi connectivity index (χ2n) is 4.76. The summed E-state index contributed by atoms with van der Waals surface area (Å²) >= 11 is 0. The first kappa shape index (κ1) is 15.8. The summed E-state index contributed by atoms with van der Waals surface area (Å²) in [6, 6.07) is 0. The van der Waals surface area contributed by atoms with E-state index in [0.29, 0.717) is 0 Å². The molecule has 5 atom stereocenters. The van der Waals surface area contributed by atoms with Gasteiger partial charge in [-0.25, -0.2) is 0 Å². The Morgan fingerprint density at radius 3 is 1.94 bits per heavy atom. The van der Waals surface area contributed by atoms with E-state index in [1.165, 1.54) is 0 Å². The van der Waals surface area contributed by atoms with Crippen molar-refractivity contribution in [3.63, 3.8) is 0 Å². The number of hydrogen-bond acceptors (Lipinski definition) is 6. The molecular weight excluding hydrogens is 238 g/mol. The number of ether oxygens (including phenoxy) is 1. The van der Waals surface area contributed by atoms with Crippen LogP contribution in [0.1, 0.15) is 26.7 Å². The van der Waals surface area contributed by atoms with Crippen LogP contribution in [-0.4, -0.2) is 75.7 Å². The van der Waals surface area contributed by atoms with Crippen molar-refractivity contribution in [2.45, 2.75) is 57.3 Å². The van der Waals surface area contributed by atoms with Crippen LogP contribution in [0.2, 0.25) is 0 Å². The van der Waals surface area contributed by atoms with E-state index in [0.717, 1.165) is 25.9 Å². The number of aliphatic hydroxyl groups is 4. The van der Waals surface area contributed by atoms with Crippen molar-refractivity contribution in [3.8, 4) is 0 Å². The van der Waals surface area contributed by atoms with Gasteiger partial charge in [0, 0.05) is 13.1 Å².